The molecule has 1 aliphatic rings. The molecule has 3 aromatic carbocycles. The van der Waals surface area contributed by atoms with Crippen LogP contribution in [0.25, 0.3) is 22.4 Å². The summed E-state index contributed by atoms with van der Waals surface area (Å²) >= 11 is 0. The zero-order chi connectivity index (χ0) is 31.4. The molecule has 8 nitrogen and oxygen atoms in total. The number of aliphatic hydroxyl groups excluding tert-OH is 1. The highest BCUT2D eigenvalue weighted by molar-refractivity contribution is 7.84. The normalized spacial score (nSPS) is 15.3. The zero-order valence-corrected chi connectivity index (χ0v) is 26.1. The van der Waals surface area contributed by atoms with E-state index in [1.165, 1.54) is 0 Å². The molecule has 0 aliphatic carbocycles. The first-order valence-electron chi connectivity index (χ1n) is 14.5. The summed E-state index contributed by atoms with van der Waals surface area (Å²) in [5.74, 6) is 0.415. The fraction of sp³-hybridized carbons (Fsp3) is 0.286. The molecule has 0 saturated carbocycles. The maximum Gasteiger partial charge on any atom is 0.270 e. The quantitative estimate of drug-likeness (QED) is 0.244. The minimum absolute atomic E-state index is 0.0908. The molecule has 5 rings (SSSR count). The third kappa shape index (κ3) is 6.58. The zero-order valence-electron chi connectivity index (χ0n) is 25.3. The van der Waals surface area contributed by atoms with E-state index in [4.69, 9.17) is 9.72 Å². The van der Waals surface area contributed by atoms with Crippen molar-refractivity contribution in [3.63, 3.8) is 0 Å². The number of nitrogens with one attached hydrogen (secondary N) is 1. The Morgan fingerprint density at radius 2 is 1.75 bits per heavy atom. The van der Waals surface area contributed by atoms with Crippen molar-refractivity contribution in [2.45, 2.75) is 51.1 Å². The molecule has 1 amide bonds. The molecule has 0 fully saturated rings. The third-order valence-electron chi connectivity index (χ3n) is 7.60. The number of aromatic nitrogens is 1. The minimum Gasteiger partial charge on any atom is -0.497 e. The van der Waals surface area contributed by atoms with Gasteiger partial charge >= 0.3 is 0 Å². The van der Waals surface area contributed by atoms with Gasteiger partial charge in [-0.1, -0.05) is 42.5 Å². The number of ether oxygens (including phenoxy) is 1. The summed E-state index contributed by atoms with van der Waals surface area (Å²) in [5.41, 5.74) is 6.65. The van der Waals surface area contributed by atoms with E-state index >= 15 is 0 Å². The SMILES string of the molecule is COc1ccc(CNC(=O)c2cc3c(c(-c4cccc(-c5cccc(C#N)c5)c4)n2)[C@@H](CCO)N([S@](=O)C(C)(C)C)C3)cc1. The van der Waals surface area contributed by atoms with Gasteiger partial charge in [-0.2, -0.15) is 5.26 Å². The first-order valence-corrected chi connectivity index (χ1v) is 15.6. The topological polar surface area (TPSA) is 116 Å². The molecule has 2 atom stereocenters. The summed E-state index contributed by atoms with van der Waals surface area (Å²) in [4.78, 5) is 18.4. The number of nitriles is 1. The second-order valence-electron chi connectivity index (χ2n) is 11.7. The third-order valence-corrected chi connectivity index (χ3v) is 9.45. The van der Waals surface area contributed by atoms with Gasteiger partial charge in [0.05, 0.1) is 35.2 Å². The van der Waals surface area contributed by atoms with Gasteiger partial charge in [0.2, 0.25) is 0 Å². The highest BCUT2D eigenvalue weighted by Gasteiger charge is 2.40. The summed E-state index contributed by atoms with van der Waals surface area (Å²) in [6.07, 6.45) is 0.371. The van der Waals surface area contributed by atoms with E-state index in [9.17, 15) is 19.4 Å². The number of hydrogen-bond donors (Lipinski definition) is 2. The van der Waals surface area contributed by atoms with Crippen LogP contribution in [0.15, 0.2) is 78.9 Å². The molecular formula is C35H36N4O4S. The Morgan fingerprint density at radius 1 is 1.07 bits per heavy atom. The van der Waals surface area contributed by atoms with E-state index in [2.05, 4.69) is 11.4 Å². The van der Waals surface area contributed by atoms with Crippen molar-refractivity contribution >= 4 is 16.9 Å². The predicted octanol–water partition coefficient (Wildman–Crippen LogP) is 5.93. The van der Waals surface area contributed by atoms with Crippen molar-refractivity contribution in [3.8, 4) is 34.2 Å². The average molecular weight is 609 g/mol. The van der Waals surface area contributed by atoms with Crippen LogP contribution in [0.4, 0.5) is 0 Å². The number of nitrogens with zero attached hydrogens (tertiary/aromatic N) is 3. The molecular weight excluding hydrogens is 572 g/mol. The number of carbonyl (C=O) groups excluding carboxylic acids is 1. The van der Waals surface area contributed by atoms with Crippen LogP contribution >= 0.6 is 0 Å². The number of fused-ring (bicyclic) bond motifs is 1. The Hall–Kier alpha value is -4.36. The number of methoxy groups -OCH3 is 1. The lowest BCUT2D eigenvalue weighted by atomic mass is 9.93. The van der Waals surface area contributed by atoms with Gasteiger partial charge in [-0.3, -0.25) is 4.79 Å². The van der Waals surface area contributed by atoms with Gasteiger partial charge in [-0.15, -0.1) is 0 Å². The van der Waals surface area contributed by atoms with Crippen LogP contribution in [0, 0.1) is 11.3 Å². The van der Waals surface area contributed by atoms with Gasteiger partial charge in [0, 0.05) is 30.8 Å². The smallest absolute Gasteiger partial charge is 0.270 e. The van der Waals surface area contributed by atoms with Gasteiger partial charge in [0.25, 0.3) is 5.91 Å². The van der Waals surface area contributed by atoms with Crippen LogP contribution in [0.3, 0.4) is 0 Å². The van der Waals surface area contributed by atoms with Gasteiger partial charge in [0.1, 0.15) is 22.4 Å². The van der Waals surface area contributed by atoms with Crippen molar-refractivity contribution in [3.05, 3.63) is 107 Å². The molecule has 0 bridgehead atoms. The van der Waals surface area contributed by atoms with Crippen LogP contribution in [0.5, 0.6) is 5.75 Å². The minimum atomic E-state index is -1.37. The van der Waals surface area contributed by atoms with E-state index in [-0.39, 0.29) is 24.2 Å². The number of benzene rings is 3. The molecule has 2 N–H and O–H groups in total. The molecule has 44 heavy (non-hydrogen) atoms. The Morgan fingerprint density at radius 3 is 2.41 bits per heavy atom. The first-order chi connectivity index (χ1) is 21.1. The van der Waals surface area contributed by atoms with Gasteiger partial charge < -0.3 is 15.2 Å². The number of aliphatic hydroxyl groups is 1. The monoisotopic (exact) mass is 608 g/mol. The van der Waals surface area contributed by atoms with Crippen LogP contribution in [0.2, 0.25) is 0 Å². The summed E-state index contributed by atoms with van der Waals surface area (Å²) in [7, 11) is 0.239. The lowest BCUT2D eigenvalue weighted by Crippen LogP contribution is -2.36. The summed E-state index contributed by atoms with van der Waals surface area (Å²) in [6.45, 7) is 6.37. The second kappa shape index (κ2) is 13.1. The molecule has 0 saturated heterocycles. The Labute approximate surface area is 260 Å². The highest BCUT2D eigenvalue weighted by Crippen LogP contribution is 2.44. The van der Waals surface area contributed by atoms with Crippen LogP contribution in [-0.4, -0.2) is 43.0 Å². The molecule has 1 aliphatic heterocycles. The van der Waals surface area contributed by atoms with Crippen LogP contribution in [0.1, 0.15) is 66.0 Å². The average Bonchev–Trinajstić information content (AvgIpc) is 3.40. The van der Waals surface area contributed by atoms with Crippen molar-refractivity contribution < 1.29 is 18.8 Å². The Bertz CT molecular complexity index is 1740. The summed E-state index contributed by atoms with van der Waals surface area (Å²) in [5, 5.41) is 22.5. The summed E-state index contributed by atoms with van der Waals surface area (Å²) < 4.78 is 20.3. The standard InChI is InChI=1S/C35H36N4O4S/c1-35(2,3)44(42)39-22-28-19-30(34(41)37-21-23-11-13-29(43-4)14-12-23)38-33(32(28)31(39)15-16-40)27-10-6-9-26(18-27)25-8-5-7-24(17-25)20-36/h5-14,17-19,31,40H,15-16,21-22H2,1-4H3,(H,37,41)/t31-,44-/m1/s1. The molecule has 4 aromatic rings. The lowest BCUT2D eigenvalue weighted by Gasteiger charge is -2.30. The molecule has 226 valence electrons. The number of rotatable bonds is 9. The predicted molar refractivity (Wildman–Crippen MR) is 172 cm³/mol. The van der Waals surface area contributed by atoms with Crippen LogP contribution < -0.4 is 10.1 Å². The number of amides is 1. The fourth-order valence-electron chi connectivity index (χ4n) is 5.44. The van der Waals surface area contributed by atoms with Crippen molar-refractivity contribution in [1.82, 2.24) is 14.6 Å². The second-order valence-corrected chi connectivity index (χ2v) is 13.9. The number of hydrogen-bond acceptors (Lipinski definition) is 6. The molecule has 1 aromatic heterocycles. The van der Waals surface area contributed by atoms with Gasteiger partial charge in [0.15, 0.2) is 0 Å². The van der Waals surface area contributed by atoms with Crippen LogP contribution in [-0.2, 0) is 24.1 Å². The maximum absolute atomic E-state index is 13.7. The highest BCUT2D eigenvalue weighted by atomic mass is 32.2. The number of carbonyl (C=O) groups is 1. The molecule has 0 unspecified atom stereocenters. The molecule has 0 spiro atoms. The molecule has 9 heteroatoms. The Kier molecular flexibility index (Phi) is 9.25. The van der Waals surface area contributed by atoms with Gasteiger partial charge in [-0.05, 0) is 85.8 Å². The largest absolute Gasteiger partial charge is 0.497 e. The number of pyridine rings is 1. The maximum atomic E-state index is 13.7. The fourth-order valence-corrected chi connectivity index (χ4v) is 6.84. The molecule has 0 radical (unpaired) electrons. The van der Waals surface area contributed by atoms with E-state index < -0.39 is 15.7 Å². The van der Waals surface area contributed by atoms with Crippen molar-refractivity contribution in [1.29, 1.82) is 5.26 Å². The van der Waals surface area contributed by atoms with E-state index in [1.807, 2.05) is 91.8 Å². The Balaban J connectivity index is 1.59. The lowest BCUT2D eigenvalue weighted by molar-refractivity contribution is 0.0946. The van der Waals surface area contributed by atoms with Crippen molar-refractivity contribution in [2.75, 3.05) is 13.7 Å². The van der Waals surface area contributed by atoms with E-state index in [1.54, 1.807) is 19.2 Å². The van der Waals surface area contributed by atoms with E-state index in [0.29, 0.717) is 30.8 Å². The first kappa shape index (κ1) is 31.1. The molecule has 2 heterocycles. The van der Waals surface area contributed by atoms with E-state index in [0.717, 1.165) is 39.1 Å². The van der Waals surface area contributed by atoms with Gasteiger partial charge in [-0.25, -0.2) is 13.5 Å². The van der Waals surface area contributed by atoms with Crippen molar-refractivity contribution in [2.24, 2.45) is 0 Å². The summed E-state index contributed by atoms with van der Waals surface area (Å²) in [6, 6.07) is 26.3.